The van der Waals surface area contributed by atoms with E-state index in [2.05, 4.69) is 0 Å². The Balaban J connectivity index is 1.73. The van der Waals surface area contributed by atoms with Crippen LogP contribution in [0, 0.1) is 0 Å². The second kappa shape index (κ2) is 6.19. The highest BCUT2D eigenvalue weighted by Gasteiger charge is 2.50. The van der Waals surface area contributed by atoms with Crippen molar-refractivity contribution in [3.8, 4) is 0 Å². The summed E-state index contributed by atoms with van der Waals surface area (Å²) in [5.74, 6) is -3.50. The number of carbonyl (C=O) groups excluding carboxylic acids is 4. The maximum atomic E-state index is 13.2. The number of hydrazine groups is 1. The predicted molar refractivity (Wildman–Crippen MR) is 89.2 cm³/mol. The first-order chi connectivity index (χ1) is 12.9. The van der Waals surface area contributed by atoms with E-state index in [0.717, 1.165) is 14.9 Å². The Kier molecular flexibility index (Phi) is 3.94. The van der Waals surface area contributed by atoms with Gasteiger partial charge in [-0.2, -0.15) is 0 Å². The van der Waals surface area contributed by atoms with Gasteiger partial charge in [0.1, 0.15) is 6.04 Å². The highest BCUT2D eigenvalue weighted by Crippen LogP contribution is 2.31. The number of carboxylic acids is 1. The van der Waals surface area contributed by atoms with E-state index in [9.17, 15) is 29.1 Å². The maximum absolute atomic E-state index is 13.2. The van der Waals surface area contributed by atoms with Crippen molar-refractivity contribution in [2.24, 2.45) is 0 Å². The summed E-state index contributed by atoms with van der Waals surface area (Å²) in [7, 11) is 0. The number of rotatable bonds is 2. The molecule has 1 N–H and O–H groups in total. The number of hydrogen-bond donors (Lipinski definition) is 1. The van der Waals surface area contributed by atoms with Crippen molar-refractivity contribution in [3.63, 3.8) is 0 Å². The third-order valence-electron chi connectivity index (χ3n) is 5.26. The van der Waals surface area contributed by atoms with Gasteiger partial charge in [-0.05, 0) is 31.4 Å². The molecule has 0 bridgehead atoms. The normalized spacial score (nSPS) is 25.4. The quantitative estimate of drug-likeness (QED) is 0.746. The summed E-state index contributed by atoms with van der Waals surface area (Å²) in [6, 6.07) is 3.87. The van der Waals surface area contributed by atoms with Crippen molar-refractivity contribution in [3.05, 3.63) is 35.4 Å². The number of benzene rings is 1. The van der Waals surface area contributed by atoms with Crippen LogP contribution in [0.15, 0.2) is 24.3 Å². The first-order valence-electron chi connectivity index (χ1n) is 8.75. The van der Waals surface area contributed by atoms with Gasteiger partial charge in [-0.25, -0.2) is 9.80 Å². The van der Waals surface area contributed by atoms with E-state index >= 15 is 0 Å². The molecular weight excluding hydrogens is 354 g/mol. The monoisotopic (exact) mass is 371 g/mol. The van der Waals surface area contributed by atoms with Gasteiger partial charge in [0.15, 0.2) is 6.04 Å². The van der Waals surface area contributed by atoms with Crippen LogP contribution in [0.5, 0.6) is 0 Å². The van der Waals surface area contributed by atoms with Gasteiger partial charge >= 0.3 is 5.97 Å². The van der Waals surface area contributed by atoms with Crippen LogP contribution < -0.4 is 0 Å². The molecule has 0 radical (unpaired) electrons. The zero-order valence-corrected chi connectivity index (χ0v) is 14.3. The molecule has 4 rings (SSSR count). The van der Waals surface area contributed by atoms with Crippen LogP contribution in [-0.4, -0.2) is 68.3 Å². The van der Waals surface area contributed by atoms with Crippen molar-refractivity contribution in [1.82, 2.24) is 14.9 Å². The van der Waals surface area contributed by atoms with Crippen LogP contribution in [0.3, 0.4) is 0 Å². The standard InChI is InChI=1S/C18H17N3O6/c22-14-8-7-12(17(25)21-13(18(26)27)6-3-9-19(14)21)20-15(23)10-4-1-2-5-11(10)16(20)24/h1-2,4-5,12-13H,3,6-9H2,(H,26,27)/t12-,13-/m0/s1. The minimum absolute atomic E-state index is 0.0253. The number of fused-ring (bicyclic) bond motifs is 2. The number of carbonyl (C=O) groups is 5. The number of imide groups is 1. The smallest absolute Gasteiger partial charge is 0.328 e. The molecule has 9 heteroatoms. The highest BCUT2D eigenvalue weighted by atomic mass is 16.4. The van der Waals surface area contributed by atoms with Crippen LogP contribution in [0.25, 0.3) is 0 Å². The molecule has 0 spiro atoms. The SMILES string of the molecule is O=C(O)[C@@H]1CCCN2C(=O)CC[C@H](N3C(=O)c4ccccc4C3=O)C(=O)N12. The Bertz CT molecular complexity index is 847. The predicted octanol–water partition coefficient (Wildman–Crippen LogP) is 0.264. The number of aliphatic carboxylic acids is 1. The van der Waals surface area contributed by atoms with Crippen LogP contribution in [0.4, 0.5) is 0 Å². The molecule has 3 heterocycles. The Hall–Kier alpha value is -3.23. The van der Waals surface area contributed by atoms with Crippen LogP contribution >= 0.6 is 0 Å². The van der Waals surface area contributed by atoms with E-state index in [-0.39, 0.29) is 42.8 Å². The van der Waals surface area contributed by atoms with Gasteiger partial charge in [-0.15, -0.1) is 0 Å². The topological polar surface area (TPSA) is 115 Å². The summed E-state index contributed by atoms with van der Waals surface area (Å²) in [4.78, 5) is 63.6. The van der Waals surface area contributed by atoms with Crippen molar-refractivity contribution in [1.29, 1.82) is 0 Å². The molecule has 0 aromatic heterocycles. The number of amides is 4. The maximum Gasteiger partial charge on any atom is 0.328 e. The molecule has 2 saturated heterocycles. The van der Waals surface area contributed by atoms with Crippen molar-refractivity contribution in [2.75, 3.05) is 6.54 Å². The van der Waals surface area contributed by atoms with E-state index in [1.807, 2.05) is 0 Å². The van der Waals surface area contributed by atoms with Crippen LogP contribution in [0.1, 0.15) is 46.4 Å². The molecule has 1 aromatic carbocycles. The van der Waals surface area contributed by atoms with E-state index in [1.165, 1.54) is 12.1 Å². The molecule has 9 nitrogen and oxygen atoms in total. The molecule has 0 unspecified atom stereocenters. The zero-order valence-electron chi connectivity index (χ0n) is 14.3. The van der Waals surface area contributed by atoms with Gasteiger partial charge in [0.05, 0.1) is 11.1 Å². The Labute approximate surface area is 154 Å². The van der Waals surface area contributed by atoms with Gasteiger partial charge in [0, 0.05) is 13.0 Å². The highest BCUT2D eigenvalue weighted by molar-refractivity contribution is 6.23. The zero-order chi connectivity index (χ0) is 19.3. The summed E-state index contributed by atoms with van der Waals surface area (Å²) < 4.78 is 0. The van der Waals surface area contributed by atoms with Gasteiger partial charge in [0.25, 0.3) is 17.7 Å². The molecule has 2 fully saturated rings. The summed E-state index contributed by atoms with van der Waals surface area (Å²) in [5, 5.41) is 11.6. The minimum Gasteiger partial charge on any atom is -0.480 e. The summed E-state index contributed by atoms with van der Waals surface area (Å²) in [6.07, 6.45) is 0.596. The lowest BCUT2D eigenvalue weighted by atomic mass is 10.1. The molecule has 0 saturated carbocycles. The second-order valence-electron chi connectivity index (χ2n) is 6.78. The third-order valence-corrected chi connectivity index (χ3v) is 5.26. The molecule has 0 aliphatic carbocycles. The van der Waals surface area contributed by atoms with Gasteiger partial charge in [0.2, 0.25) is 5.91 Å². The lowest BCUT2D eigenvalue weighted by Gasteiger charge is -2.42. The molecule has 3 aliphatic heterocycles. The molecule has 140 valence electrons. The summed E-state index contributed by atoms with van der Waals surface area (Å²) in [5.41, 5.74) is 0.410. The number of carboxylic acid groups (broad SMARTS) is 1. The molecule has 4 amide bonds. The van der Waals surface area contributed by atoms with Crippen LogP contribution in [-0.2, 0) is 14.4 Å². The summed E-state index contributed by atoms with van der Waals surface area (Å²) in [6.45, 7) is 0.239. The lowest BCUT2D eigenvalue weighted by Crippen LogP contribution is -2.62. The largest absolute Gasteiger partial charge is 0.480 e. The van der Waals surface area contributed by atoms with Gasteiger partial charge in [-0.3, -0.25) is 29.1 Å². The van der Waals surface area contributed by atoms with E-state index in [1.54, 1.807) is 12.1 Å². The van der Waals surface area contributed by atoms with Crippen LogP contribution in [0.2, 0.25) is 0 Å². The molecule has 1 aromatic rings. The Morgan fingerprint density at radius 2 is 1.63 bits per heavy atom. The van der Waals surface area contributed by atoms with Gasteiger partial charge < -0.3 is 5.11 Å². The van der Waals surface area contributed by atoms with Crippen molar-refractivity contribution >= 4 is 29.6 Å². The van der Waals surface area contributed by atoms with E-state index in [4.69, 9.17) is 0 Å². The first-order valence-corrected chi connectivity index (χ1v) is 8.75. The average Bonchev–Trinajstić information content (AvgIpc) is 2.84. The molecule has 3 aliphatic rings. The fraction of sp³-hybridized carbons (Fsp3) is 0.389. The minimum atomic E-state index is -1.22. The number of nitrogens with zero attached hydrogens (tertiary/aromatic N) is 3. The van der Waals surface area contributed by atoms with Crippen molar-refractivity contribution in [2.45, 2.75) is 37.8 Å². The molecule has 2 atom stereocenters. The van der Waals surface area contributed by atoms with Gasteiger partial charge in [-0.1, -0.05) is 12.1 Å². The first kappa shape index (κ1) is 17.2. The lowest BCUT2D eigenvalue weighted by molar-refractivity contribution is -0.181. The molecular formula is C18H17N3O6. The average molecular weight is 371 g/mol. The Morgan fingerprint density at radius 1 is 1.00 bits per heavy atom. The van der Waals surface area contributed by atoms with Crippen molar-refractivity contribution < 1.29 is 29.1 Å². The Morgan fingerprint density at radius 3 is 2.22 bits per heavy atom. The van der Waals surface area contributed by atoms with E-state index in [0.29, 0.717) is 6.42 Å². The molecule has 27 heavy (non-hydrogen) atoms. The second-order valence-corrected chi connectivity index (χ2v) is 6.78. The fourth-order valence-corrected chi connectivity index (χ4v) is 3.97. The van der Waals surface area contributed by atoms with E-state index < -0.39 is 35.8 Å². The fourth-order valence-electron chi connectivity index (χ4n) is 3.97. The number of hydrogen-bond acceptors (Lipinski definition) is 5. The third kappa shape index (κ3) is 2.49. The summed E-state index contributed by atoms with van der Waals surface area (Å²) >= 11 is 0.